The molecule has 0 fully saturated rings. The number of rotatable bonds is 3. The first kappa shape index (κ1) is 14.5. The lowest BCUT2D eigenvalue weighted by atomic mass is 10.3. The van der Waals surface area contributed by atoms with Crippen molar-refractivity contribution >= 4 is 58.3 Å². The topological polar surface area (TPSA) is 85.1 Å². The predicted molar refractivity (Wildman–Crippen MR) is 88.4 cm³/mol. The average molecular weight is 384 g/mol. The number of anilines is 2. The largest absolute Gasteiger partial charge is 0.332 e. The fourth-order valence-corrected chi connectivity index (χ4v) is 3.76. The number of thiazole rings is 1. The minimum absolute atomic E-state index is 0.0845. The summed E-state index contributed by atoms with van der Waals surface area (Å²) in [6.45, 7) is 0. The molecule has 3 aromatic rings. The summed E-state index contributed by atoms with van der Waals surface area (Å²) in [6.07, 6.45) is 0. The number of aromatic nitrogens is 1. The molecule has 8 heteroatoms. The molecule has 0 aliphatic rings. The van der Waals surface area contributed by atoms with Crippen molar-refractivity contribution in [3.05, 3.63) is 46.9 Å². The Labute approximate surface area is 134 Å². The van der Waals surface area contributed by atoms with Crippen LogP contribution in [0.15, 0.2) is 51.8 Å². The van der Waals surface area contributed by atoms with Crippen LogP contribution in [0.5, 0.6) is 0 Å². The minimum Gasteiger partial charge on any atom is -0.332 e. The summed E-state index contributed by atoms with van der Waals surface area (Å²) >= 11 is 4.95. The van der Waals surface area contributed by atoms with Gasteiger partial charge in [0.1, 0.15) is 0 Å². The van der Waals surface area contributed by atoms with Crippen molar-refractivity contribution in [3.63, 3.8) is 0 Å². The highest BCUT2D eigenvalue weighted by Crippen LogP contribution is 2.30. The van der Waals surface area contributed by atoms with Crippen molar-refractivity contribution < 1.29 is 8.42 Å². The van der Waals surface area contributed by atoms with Crippen LogP contribution in [0.1, 0.15) is 0 Å². The van der Waals surface area contributed by atoms with Crippen LogP contribution >= 0.6 is 27.3 Å². The van der Waals surface area contributed by atoms with Gasteiger partial charge in [0.25, 0.3) is 0 Å². The predicted octanol–water partition coefficient (Wildman–Crippen LogP) is 3.45. The number of hydrogen-bond acceptors (Lipinski definition) is 5. The zero-order chi connectivity index (χ0) is 15.0. The molecule has 1 heterocycles. The first-order valence-corrected chi connectivity index (χ1v) is 9.03. The van der Waals surface area contributed by atoms with Gasteiger partial charge in [-0.25, -0.2) is 18.5 Å². The summed E-state index contributed by atoms with van der Waals surface area (Å²) in [5, 5.41) is 8.95. The van der Waals surface area contributed by atoms with E-state index in [1.165, 1.54) is 23.5 Å². The van der Waals surface area contributed by atoms with Gasteiger partial charge < -0.3 is 5.32 Å². The Hall–Kier alpha value is -1.48. The van der Waals surface area contributed by atoms with E-state index in [1.807, 2.05) is 18.2 Å². The van der Waals surface area contributed by atoms with Crippen molar-refractivity contribution in [1.29, 1.82) is 0 Å². The van der Waals surface area contributed by atoms with Gasteiger partial charge in [-0.05, 0) is 42.5 Å². The molecule has 0 atom stereocenters. The van der Waals surface area contributed by atoms with Crippen LogP contribution in [0.4, 0.5) is 10.8 Å². The fraction of sp³-hybridized carbons (Fsp3) is 0. The van der Waals surface area contributed by atoms with Gasteiger partial charge >= 0.3 is 0 Å². The van der Waals surface area contributed by atoms with E-state index in [-0.39, 0.29) is 4.90 Å². The van der Waals surface area contributed by atoms with Gasteiger partial charge in [0, 0.05) is 10.2 Å². The zero-order valence-electron chi connectivity index (χ0n) is 10.6. The van der Waals surface area contributed by atoms with E-state index in [0.717, 1.165) is 25.5 Å². The Bertz CT molecular complexity index is 905. The van der Waals surface area contributed by atoms with Crippen LogP contribution in [-0.4, -0.2) is 13.4 Å². The van der Waals surface area contributed by atoms with Crippen LogP contribution in [0.2, 0.25) is 0 Å². The molecule has 21 heavy (non-hydrogen) atoms. The van der Waals surface area contributed by atoms with Gasteiger partial charge in [0.15, 0.2) is 5.13 Å². The normalized spacial score (nSPS) is 11.7. The molecule has 3 N–H and O–H groups in total. The highest BCUT2D eigenvalue weighted by atomic mass is 79.9. The smallest absolute Gasteiger partial charge is 0.238 e. The summed E-state index contributed by atoms with van der Waals surface area (Å²) in [6, 6.07) is 12.1. The van der Waals surface area contributed by atoms with Gasteiger partial charge in [0.05, 0.1) is 15.1 Å². The minimum atomic E-state index is -3.66. The maximum atomic E-state index is 11.2. The third-order valence-corrected chi connectivity index (χ3v) is 5.14. The van der Waals surface area contributed by atoms with Crippen LogP contribution in [0, 0.1) is 0 Å². The third kappa shape index (κ3) is 3.24. The molecule has 0 amide bonds. The summed E-state index contributed by atoms with van der Waals surface area (Å²) in [4.78, 5) is 4.55. The molecule has 108 valence electrons. The van der Waals surface area contributed by atoms with Gasteiger partial charge in [-0.3, -0.25) is 0 Å². The van der Waals surface area contributed by atoms with E-state index >= 15 is 0 Å². The van der Waals surface area contributed by atoms with E-state index in [0.29, 0.717) is 0 Å². The number of nitrogens with two attached hydrogens (primary N) is 1. The fourth-order valence-electron chi connectivity index (χ4n) is 1.80. The van der Waals surface area contributed by atoms with Crippen LogP contribution in [0.3, 0.4) is 0 Å². The van der Waals surface area contributed by atoms with E-state index in [1.54, 1.807) is 12.1 Å². The van der Waals surface area contributed by atoms with Gasteiger partial charge in [-0.1, -0.05) is 27.3 Å². The molecule has 0 radical (unpaired) electrons. The van der Waals surface area contributed by atoms with Crippen molar-refractivity contribution in [1.82, 2.24) is 4.98 Å². The number of hydrogen-bond donors (Lipinski definition) is 2. The molecule has 0 saturated heterocycles. The summed E-state index contributed by atoms with van der Waals surface area (Å²) in [7, 11) is -3.66. The molecular weight excluding hydrogens is 374 g/mol. The van der Waals surface area contributed by atoms with Crippen molar-refractivity contribution in [2.45, 2.75) is 4.90 Å². The number of primary sulfonamides is 1. The Kier molecular flexibility index (Phi) is 3.70. The number of sulfonamides is 1. The number of nitrogens with one attached hydrogen (secondary N) is 1. The second-order valence-corrected chi connectivity index (χ2v) is 7.83. The van der Waals surface area contributed by atoms with Gasteiger partial charge in [-0.15, -0.1) is 0 Å². The van der Waals surface area contributed by atoms with Gasteiger partial charge in [0.2, 0.25) is 10.0 Å². The first-order chi connectivity index (χ1) is 9.91. The number of nitrogens with zero attached hydrogens (tertiary/aromatic N) is 1. The molecule has 1 aromatic heterocycles. The first-order valence-electron chi connectivity index (χ1n) is 5.88. The summed E-state index contributed by atoms with van der Waals surface area (Å²) < 4.78 is 24.5. The standard InChI is InChI=1S/C13H10BrN3O2S2/c14-8-1-6-11-12(7-8)20-13(17-11)16-9-2-4-10(5-3-9)21(15,18)19/h1-7H,(H,16,17)(H2,15,18,19). The quantitative estimate of drug-likeness (QED) is 0.724. The number of halogens is 1. The van der Waals surface area contributed by atoms with Crippen LogP contribution in [0.25, 0.3) is 10.2 Å². The molecule has 0 spiro atoms. The van der Waals surface area contributed by atoms with Crippen molar-refractivity contribution in [2.75, 3.05) is 5.32 Å². The maximum Gasteiger partial charge on any atom is 0.238 e. The highest BCUT2D eigenvalue weighted by Gasteiger charge is 2.08. The molecule has 0 aliphatic heterocycles. The van der Waals surface area contributed by atoms with E-state index < -0.39 is 10.0 Å². The highest BCUT2D eigenvalue weighted by molar-refractivity contribution is 9.10. The third-order valence-electron chi connectivity index (χ3n) is 2.78. The second kappa shape index (κ2) is 5.38. The van der Waals surface area contributed by atoms with Crippen molar-refractivity contribution in [3.8, 4) is 0 Å². The van der Waals surface area contributed by atoms with Crippen LogP contribution < -0.4 is 10.5 Å². The molecule has 0 aliphatic carbocycles. The zero-order valence-corrected chi connectivity index (χ0v) is 13.8. The van der Waals surface area contributed by atoms with Crippen LogP contribution in [-0.2, 0) is 10.0 Å². The lowest BCUT2D eigenvalue weighted by Gasteiger charge is -2.03. The lowest BCUT2D eigenvalue weighted by Crippen LogP contribution is -2.11. The molecular formula is C13H10BrN3O2S2. The summed E-state index contributed by atoms with van der Waals surface area (Å²) in [5.74, 6) is 0. The molecule has 3 rings (SSSR count). The molecule has 5 nitrogen and oxygen atoms in total. The Balaban J connectivity index is 1.88. The molecule has 2 aromatic carbocycles. The van der Waals surface area contributed by atoms with Gasteiger partial charge in [-0.2, -0.15) is 0 Å². The SMILES string of the molecule is NS(=O)(=O)c1ccc(Nc2nc3ccc(Br)cc3s2)cc1. The number of fused-ring (bicyclic) bond motifs is 1. The summed E-state index contributed by atoms with van der Waals surface area (Å²) in [5.41, 5.74) is 1.66. The number of benzene rings is 2. The Morgan fingerprint density at radius 2 is 1.86 bits per heavy atom. The average Bonchev–Trinajstić information content (AvgIpc) is 2.79. The Morgan fingerprint density at radius 1 is 1.14 bits per heavy atom. The van der Waals surface area contributed by atoms with Crippen molar-refractivity contribution in [2.24, 2.45) is 5.14 Å². The second-order valence-electron chi connectivity index (χ2n) is 4.33. The molecule has 0 saturated carbocycles. The molecule has 0 unspecified atom stereocenters. The van der Waals surface area contributed by atoms with E-state index in [2.05, 4.69) is 26.2 Å². The maximum absolute atomic E-state index is 11.2. The van der Waals surface area contributed by atoms with E-state index in [9.17, 15) is 8.42 Å². The van der Waals surface area contributed by atoms with E-state index in [4.69, 9.17) is 5.14 Å². The monoisotopic (exact) mass is 383 g/mol. The molecule has 0 bridgehead atoms. The lowest BCUT2D eigenvalue weighted by molar-refractivity contribution is 0.598. The Morgan fingerprint density at radius 3 is 2.52 bits per heavy atom.